The molecular formula is C15H23N3O. The zero-order valence-corrected chi connectivity index (χ0v) is 12.0. The van der Waals surface area contributed by atoms with Crippen molar-refractivity contribution in [2.45, 2.75) is 25.8 Å². The van der Waals surface area contributed by atoms with Crippen LogP contribution in [0.4, 0.5) is 5.69 Å². The van der Waals surface area contributed by atoms with Crippen molar-refractivity contribution < 1.29 is 4.74 Å². The Morgan fingerprint density at radius 3 is 2.58 bits per heavy atom. The SMILES string of the molecule is CCCNC(C#N)CCN(C)c1ccc(OC)cc1. The number of hydrogen-bond acceptors (Lipinski definition) is 4. The molecule has 1 aromatic rings. The third kappa shape index (κ3) is 5.19. The minimum atomic E-state index is -0.0688. The first-order chi connectivity index (χ1) is 9.21. The summed E-state index contributed by atoms with van der Waals surface area (Å²) in [6, 6.07) is 10.2. The second-order valence-electron chi connectivity index (χ2n) is 4.54. The normalized spacial score (nSPS) is 11.7. The summed E-state index contributed by atoms with van der Waals surface area (Å²) in [5, 5.41) is 12.3. The Hall–Kier alpha value is -1.73. The Bertz CT molecular complexity index is 397. The highest BCUT2D eigenvalue weighted by atomic mass is 16.5. The summed E-state index contributed by atoms with van der Waals surface area (Å²) in [6.45, 7) is 3.84. The second-order valence-corrected chi connectivity index (χ2v) is 4.54. The number of anilines is 1. The Kier molecular flexibility index (Phi) is 6.76. The van der Waals surface area contributed by atoms with Crippen LogP contribution in [0.3, 0.4) is 0 Å². The molecule has 0 aromatic heterocycles. The second kappa shape index (κ2) is 8.39. The van der Waals surface area contributed by atoms with Gasteiger partial charge in [-0.2, -0.15) is 5.26 Å². The van der Waals surface area contributed by atoms with Gasteiger partial charge in [-0.15, -0.1) is 0 Å². The first-order valence-corrected chi connectivity index (χ1v) is 6.69. The molecule has 104 valence electrons. The predicted molar refractivity (Wildman–Crippen MR) is 78.6 cm³/mol. The van der Waals surface area contributed by atoms with E-state index in [1.54, 1.807) is 7.11 Å². The molecule has 19 heavy (non-hydrogen) atoms. The van der Waals surface area contributed by atoms with Crippen LogP contribution in [0.5, 0.6) is 5.75 Å². The molecule has 0 fully saturated rings. The van der Waals surface area contributed by atoms with Gasteiger partial charge in [0.05, 0.1) is 19.2 Å². The lowest BCUT2D eigenvalue weighted by Crippen LogP contribution is -2.32. The molecule has 0 spiro atoms. The fourth-order valence-corrected chi connectivity index (χ4v) is 1.82. The van der Waals surface area contributed by atoms with Gasteiger partial charge < -0.3 is 15.0 Å². The number of hydrogen-bond donors (Lipinski definition) is 1. The van der Waals surface area contributed by atoms with Crippen LogP contribution in [0.15, 0.2) is 24.3 Å². The van der Waals surface area contributed by atoms with Gasteiger partial charge >= 0.3 is 0 Å². The van der Waals surface area contributed by atoms with Crippen LogP contribution in [0.1, 0.15) is 19.8 Å². The van der Waals surface area contributed by atoms with Gasteiger partial charge in [0.1, 0.15) is 5.75 Å². The van der Waals surface area contributed by atoms with Crippen molar-refractivity contribution in [3.8, 4) is 11.8 Å². The van der Waals surface area contributed by atoms with Gasteiger partial charge in [0, 0.05) is 19.3 Å². The molecule has 1 unspecified atom stereocenters. The lowest BCUT2D eigenvalue weighted by Gasteiger charge is -2.21. The Morgan fingerprint density at radius 2 is 2.05 bits per heavy atom. The van der Waals surface area contributed by atoms with E-state index >= 15 is 0 Å². The molecule has 1 atom stereocenters. The van der Waals surface area contributed by atoms with Crippen LogP contribution >= 0.6 is 0 Å². The van der Waals surface area contributed by atoms with Crippen LogP contribution in [0, 0.1) is 11.3 Å². The largest absolute Gasteiger partial charge is 0.497 e. The fourth-order valence-electron chi connectivity index (χ4n) is 1.82. The molecule has 1 rings (SSSR count). The van der Waals surface area contributed by atoms with Crippen molar-refractivity contribution in [2.24, 2.45) is 0 Å². The molecule has 0 heterocycles. The number of nitriles is 1. The van der Waals surface area contributed by atoms with Gasteiger partial charge in [-0.3, -0.25) is 0 Å². The summed E-state index contributed by atoms with van der Waals surface area (Å²) < 4.78 is 5.14. The smallest absolute Gasteiger partial charge is 0.119 e. The standard InChI is InChI=1S/C15H23N3O/c1-4-10-17-13(12-16)9-11-18(2)14-5-7-15(19-3)8-6-14/h5-8,13,17H,4,9-11H2,1-3H3. The number of rotatable bonds is 8. The van der Waals surface area contributed by atoms with Gasteiger partial charge in [0.2, 0.25) is 0 Å². The third-order valence-corrected chi connectivity index (χ3v) is 3.06. The molecule has 4 nitrogen and oxygen atoms in total. The predicted octanol–water partition coefficient (Wildman–Crippen LogP) is 2.41. The first kappa shape index (κ1) is 15.3. The molecular weight excluding hydrogens is 238 g/mol. The molecule has 0 saturated carbocycles. The number of nitrogens with zero attached hydrogens (tertiary/aromatic N) is 2. The molecule has 0 amide bonds. The van der Waals surface area contributed by atoms with E-state index in [0.29, 0.717) is 0 Å². The number of nitrogens with one attached hydrogen (secondary N) is 1. The molecule has 0 radical (unpaired) electrons. The summed E-state index contributed by atoms with van der Waals surface area (Å²) in [5.41, 5.74) is 1.13. The molecule has 4 heteroatoms. The van der Waals surface area contributed by atoms with E-state index in [1.807, 2.05) is 31.3 Å². The van der Waals surface area contributed by atoms with E-state index in [1.165, 1.54) is 0 Å². The van der Waals surface area contributed by atoms with E-state index in [-0.39, 0.29) is 6.04 Å². The first-order valence-electron chi connectivity index (χ1n) is 6.69. The molecule has 1 aromatic carbocycles. The highest BCUT2D eigenvalue weighted by molar-refractivity contribution is 5.48. The van der Waals surface area contributed by atoms with Crippen molar-refractivity contribution in [1.29, 1.82) is 5.26 Å². The highest BCUT2D eigenvalue weighted by Crippen LogP contribution is 2.18. The van der Waals surface area contributed by atoms with Crippen molar-refractivity contribution in [3.63, 3.8) is 0 Å². The number of methoxy groups -OCH3 is 1. The minimum absolute atomic E-state index is 0.0688. The van der Waals surface area contributed by atoms with Gasteiger partial charge in [-0.1, -0.05) is 6.92 Å². The van der Waals surface area contributed by atoms with E-state index in [9.17, 15) is 0 Å². The zero-order valence-electron chi connectivity index (χ0n) is 12.0. The maximum Gasteiger partial charge on any atom is 0.119 e. The number of benzene rings is 1. The van der Waals surface area contributed by atoms with E-state index in [2.05, 4.69) is 23.2 Å². The van der Waals surface area contributed by atoms with E-state index in [0.717, 1.165) is 37.4 Å². The molecule has 0 aliphatic heterocycles. The minimum Gasteiger partial charge on any atom is -0.497 e. The monoisotopic (exact) mass is 261 g/mol. The van der Waals surface area contributed by atoms with Crippen LogP contribution in [-0.2, 0) is 0 Å². The topological polar surface area (TPSA) is 48.3 Å². The Morgan fingerprint density at radius 1 is 1.37 bits per heavy atom. The summed E-state index contributed by atoms with van der Waals surface area (Å²) in [6.07, 6.45) is 1.87. The van der Waals surface area contributed by atoms with Crippen LogP contribution in [0.2, 0.25) is 0 Å². The molecule has 0 aliphatic carbocycles. The molecule has 0 saturated heterocycles. The van der Waals surface area contributed by atoms with Gasteiger partial charge in [-0.05, 0) is 43.7 Å². The maximum atomic E-state index is 9.06. The van der Waals surface area contributed by atoms with Crippen LogP contribution in [0.25, 0.3) is 0 Å². The van der Waals surface area contributed by atoms with Gasteiger partial charge in [0.15, 0.2) is 0 Å². The number of ether oxygens (including phenoxy) is 1. The zero-order chi connectivity index (χ0) is 14.1. The summed E-state index contributed by atoms with van der Waals surface area (Å²) in [5.74, 6) is 0.858. The van der Waals surface area contributed by atoms with E-state index < -0.39 is 0 Å². The summed E-state index contributed by atoms with van der Waals surface area (Å²) in [4.78, 5) is 2.15. The van der Waals surface area contributed by atoms with Crippen molar-refractivity contribution >= 4 is 5.69 Å². The fraction of sp³-hybridized carbons (Fsp3) is 0.533. The summed E-state index contributed by atoms with van der Waals surface area (Å²) >= 11 is 0. The highest BCUT2D eigenvalue weighted by Gasteiger charge is 2.08. The Labute approximate surface area is 116 Å². The molecule has 0 aliphatic rings. The van der Waals surface area contributed by atoms with Crippen LogP contribution in [-0.4, -0.2) is 33.3 Å². The lowest BCUT2D eigenvalue weighted by molar-refractivity contribution is 0.415. The van der Waals surface area contributed by atoms with E-state index in [4.69, 9.17) is 10.00 Å². The molecule has 0 bridgehead atoms. The van der Waals surface area contributed by atoms with Crippen molar-refractivity contribution in [1.82, 2.24) is 5.32 Å². The quantitative estimate of drug-likeness (QED) is 0.780. The molecule has 1 N–H and O–H groups in total. The Balaban J connectivity index is 2.45. The third-order valence-electron chi connectivity index (χ3n) is 3.06. The average Bonchev–Trinajstić information content (AvgIpc) is 2.47. The lowest BCUT2D eigenvalue weighted by atomic mass is 10.2. The van der Waals surface area contributed by atoms with Crippen molar-refractivity contribution in [2.75, 3.05) is 32.1 Å². The van der Waals surface area contributed by atoms with Gasteiger partial charge in [-0.25, -0.2) is 0 Å². The summed E-state index contributed by atoms with van der Waals surface area (Å²) in [7, 11) is 3.70. The van der Waals surface area contributed by atoms with Crippen LogP contribution < -0.4 is 15.0 Å². The average molecular weight is 261 g/mol. The van der Waals surface area contributed by atoms with Gasteiger partial charge in [0.25, 0.3) is 0 Å². The maximum absolute atomic E-state index is 9.06. The van der Waals surface area contributed by atoms with Crippen molar-refractivity contribution in [3.05, 3.63) is 24.3 Å².